The smallest absolute Gasteiger partial charge is 0.0965 e. The number of piperazine rings is 1. The van der Waals surface area contributed by atoms with Crippen LogP contribution in [0.1, 0.15) is 16.7 Å². The Hall–Kier alpha value is -1.95. The van der Waals surface area contributed by atoms with E-state index in [1.807, 2.05) is 0 Å². The summed E-state index contributed by atoms with van der Waals surface area (Å²) in [5.74, 6) is 0. The molecule has 2 aromatic heterocycles. The summed E-state index contributed by atoms with van der Waals surface area (Å²) in [7, 11) is 2.21. The molecule has 3 heterocycles. The van der Waals surface area contributed by atoms with Crippen LogP contribution in [0.4, 0.5) is 0 Å². The SMILES string of the molecule is CN1CCN(Cc2ccc3c(c2)-c2n[nH]c(-c4cccs4)c2C3)CC1. The summed E-state index contributed by atoms with van der Waals surface area (Å²) in [6.07, 6.45) is 0.989. The number of hydrogen-bond donors (Lipinski definition) is 1. The Morgan fingerprint density at radius 2 is 2.04 bits per heavy atom. The number of rotatable bonds is 3. The van der Waals surface area contributed by atoms with Crippen molar-refractivity contribution >= 4 is 11.3 Å². The highest BCUT2D eigenvalue weighted by Crippen LogP contribution is 2.41. The molecule has 25 heavy (non-hydrogen) atoms. The summed E-state index contributed by atoms with van der Waals surface area (Å²) >= 11 is 1.77. The minimum absolute atomic E-state index is 0.989. The first-order chi connectivity index (χ1) is 12.3. The van der Waals surface area contributed by atoms with Crippen molar-refractivity contribution in [3.8, 4) is 21.8 Å². The third-order valence-corrected chi connectivity index (χ3v) is 6.32. The summed E-state index contributed by atoms with van der Waals surface area (Å²) in [6, 6.07) is 11.2. The van der Waals surface area contributed by atoms with Gasteiger partial charge in [0.2, 0.25) is 0 Å². The quantitative estimate of drug-likeness (QED) is 0.615. The number of nitrogens with zero attached hydrogens (tertiary/aromatic N) is 3. The molecule has 1 aromatic carbocycles. The fraction of sp³-hybridized carbons (Fsp3) is 0.350. The van der Waals surface area contributed by atoms with Crippen LogP contribution < -0.4 is 0 Å². The van der Waals surface area contributed by atoms with Crippen molar-refractivity contribution in [3.63, 3.8) is 0 Å². The molecule has 128 valence electrons. The molecule has 3 aromatic rings. The Morgan fingerprint density at radius 3 is 2.84 bits per heavy atom. The number of fused-ring (bicyclic) bond motifs is 3. The molecular weight excluding hydrogens is 328 g/mol. The van der Waals surface area contributed by atoms with Gasteiger partial charge in [0.1, 0.15) is 0 Å². The van der Waals surface area contributed by atoms with E-state index in [9.17, 15) is 0 Å². The largest absolute Gasteiger partial charge is 0.304 e. The number of H-pyrrole nitrogens is 1. The van der Waals surface area contributed by atoms with Gasteiger partial charge in [-0.1, -0.05) is 18.2 Å². The Kier molecular flexibility index (Phi) is 3.73. The van der Waals surface area contributed by atoms with Gasteiger partial charge in [0.05, 0.1) is 16.3 Å². The lowest BCUT2D eigenvalue weighted by molar-refractivity contribution is 0.148. The zero-order valence-electron chi connectivity index (χ0n) is 14.5. The lowest BCUT2D eigenvalue weighted by Crippen LogP contribution is -2.43. The van der Waals surface area contributed by atoms with Gasteiger partial charge < -0.3 is 4.90 Å². The number of thiophene rings is 1. The zero-order chi connectivity index (χ0) is 16.8. The predicted molar refractivity (Wildman–Crippen MR) is 103 cm³/mol. The van der Waals surface area contributed by atoms with Crippen LogP contribution in [0.3, 0.4) is 0 Å². The summed E-state index contributed by atoms with van der Waals surface area (Å²) in [4.78, 5) is 6.24. The predicted octanol–water partition coefficient (Wildman–Crippen LogP) is 3.46. The molecule has 4 nitrogen and oxygen atoms in total. The van der Waals surface area contributed by atoms with Crippen LogP contribution in [0.15, 0.2) is 35.7 Å². The van der Waals surface area contributed by atoms with Crippen LogP contribution in [0.5, 0.6) is 0 Å². The molecule has 1 fully saturated rings. The van der Waals surface area contributed by atoms with Gasteiger partial charge >= 0.3 is 0 Å². The Morgan fingerprint density at radius 1 is 1.16 bits per heavy atom. The van der Waals surface area contributed by atoms with Crippen molar-refractivity contribution in [1.29, 1.82) is 0 Å². The third kappa shape index (κ3) is 2.72. The van der Waals surface area contributed by atoms with Gasteiger partial charge in [-0.3, -0.25) is 10.00 Å². The average Bonchev–Trinajstić information content (AvgIpc) is 3.33. The normalized spacial score (nSPS) is 17.6. The van der Waals surface area contributed by atoms with E-state index in [4.69, 9.17) is 0 Å². The molecule has 1 aliphatic carbocycles. The van der Waals surface area contributed by atoms with Crippen molar-refractivity contribution in [1.82, 2.24) is 20.0 Å². The molecule has 0 radical (unpaired) electrons. The van der Waals surface area contributed by atoms with Crippen LogP contribution in [-0.4, -0.2) is 53.2 Å². The molecule has 0 amide bonds. The molecule has 0 spiro atoms. The fourth-order valence-corrected chi connectivity index (χ4v) is 4.68. The van der Waals surface area contributed by atoms with Crippen molar-refractivity contribution in [2.45, 2.75) is 13.0 Å². The zero-order valence-corrected chi connectivity index (χ0v) is 15.3. The maximum absolute atomic E-state index is 4.65. The summed E-state index contributed by atoms with van der Waals surface area (Å²) < 4.78 is 0. The lowest BCUT2D eigenvalue weighted by Gasteiger charge is -2.32. The Labute approximate surface area is 152 Å². The maximum atomic E-state index is 4.65. The van der Waals surface area contributed by atoms with Crippen molar-refractivity contribution in [2.75, 3.05) is 33.2 Å². The van der Waals surface area contributed by atoms with Crippen molar-refractivity contribution < 1.29 is 0 Å². The van der Waals surface area contributed by atoms with E-state index < -0.39 is 0 Å². The molecule has 1 saturated heterocycles. The average molecular weight is 350 g/mol. The van der Waals surface area contributed by atoms with E-state index in [1.54, 1.807) is 11.3 Å². The number of benzene rings is 1. The molecule has 5 heteroatoms. The topological polar surface area (TPSA) is 35.2 Å². The standard InChI is InChI=1S/C20H22N4S/c1-23-6-8-24(9-7-23)13-14-4-5-15-12-17-19(16(15)11-14)21-22-20(17)18-3-2-10-25-18/h2-5,10-11H,6-9,12-13H2,1H3,(H,21,22). The minimum atomic E-state index is 0.989. The van der Waals surface area contributed by atoms with Crippen LogP contribution in [0.25, 0.3) is 21.8 Å². The van der Waals surface area contributed by atoms with E-state index in [-0.39, 0.29) is 0 Å². The highest BCUT2D eigenvalue weighted by Gasteiger charge is 2.26. The molecule has 0 unspecified atom stereocenters. The van der Waals surface area contributed by atoms with E-state index in [1.165, 1.54) is 45.9 Å². The van der Waals surface area contributed by atoms with Crippen molar-refractivity contribution in [2.24, 2.45) is 0 Å². The van der Waals surface area contributed by atoms with E-state index in [0.717, 1.165) is 31.7 Å². The number of likely N-dealkylation sites (N-methyl/N-ethyl adjacent to an activating group) is 1. The van der Waals surface area contributed by atoms with E-state index >= 15 is 0 Å². The lowest BCUT2D eigenvalue weighted by atomic mass is 10.0. The van der Waals surface area contributed by atoms with Gasteiger partial charge in [0.15, 0.2) is 0 Å². The molecule has 0 bridgehead atoms. The van der Waals surface area contributed by atoms with Crippen LogP contribution in [0.2, 0.25) is 0 Å². The molecule has 1 aliphatic heterocycles. The molecule has 0 atom stereocenters. The first kappa shape index (κ1) is 15.3. The third-order valence-electron chi connectivity index (χ3n) is 5.43. The van der Waals surface area contributed by atoms with Crippen molar-refractivity contribution in [3.05, 3.63) is 52.4 Å². The molecule has 0 saturated carbocycles. The Balaban J connectivity index is 1.42. The van der Waals surface area contributed by atoms with Crippen LogP contribution >= 0.6 is 11.3 Å². The molecule has 1 N–H and O–H groups in total. The second kappa shape index (κ2) is 6.09. The minimum Gasteiger partial charge on any atom is -0.304 e. The van der Waals surface area contributed by atoms with Gasteiger partial charge in [-0.05, 0) is 35.7 Å². The van der Waals surface area contributed by atoms with Crippen LogP contribution in [-0.2, 0) is 13.0 Å². The number of aromatic amines is 1. The first-order valence-corrected chi connectivity index (χ1v) is 9.80. The van der Waals surface area contributed by atoms with Gasteiger partial charge in [-0.2, -0.15) is 5.10 Å². The van der Waals surface area contributed by atoms with Gasteiger partial charge in [0.25, 0.3) is 0 Å². The molecular formula is C20H22N4S. The van der Waals surface area contributed by atoms with E-state index in [0.29, 0.717) is 0 Å². The molecule has 5 rings (SSSR count). The molecule has 2 aliphatic rings. The summed E-state index contributed by atoms with van der Waals surface area (Å²) in [5.41, 5.74) is 7.83. The summed E-state index contributed by atoms with van der Waals surface area (Å²) in [5, 5.41) is 10.0. The van der Waals surface area contributed by atoms with Gasteiger partial charge in [0, 0.05) is 50.3 Å². The van der Waals surface area contributed by atoms with Crippen LogP contribution in [0, 0.1) is 0 Å². The second-order valence-electron chi connectivity index (χ2n) is 7.15. The fourth-order valence-electron chi connectivity index (χ4n) is 3.94. The number of aromatic nitrogens is 2. The second-order valence-corrected chi connectivity index (χ2v) is 8.10. The summed E-state index contributed by atoms with van der Waals surface area (Å²) in [6.45, 7) is 5.68. The maximum Gasteiger partial charge on any atom is 0.0965 e. The number of nitrogens with one attached hydrogen (secondary N) is 1. The Bertz CT molecular complexity index is 889. The number of hydrogen-bond acceptors (Lipinski definition) is 4. The van der Waals surface area contributed by atoms with Gasteiger partial charge in [-0.25, -0.2) is 0 Å². The highest BCUT2D eigenvalue weighted by molar-refractivity contribution is 7.13. The highest BCUT2D eigenvalue weighted by atomic mass is 32.1. The first-order valence-electron chi connectivity index (χ1n) is 8.92. The van der Waals surface area contributed by atoms with Gasteiger partial charge in [-0.15, -0.1) is 11.3 Å². The van der Waals surface area contributed by atoms with E-state index in [2.05, 4.69) is 62.8 Å². The monoisotopic (exact) mass is 350 g/mol.